The van der Waals surface area contributed by atoms with Gasteiger partial charge in [0.05, 0.1) is 5.54 Å². The number of nitrogens with zero attached hydrogens (tertiary/aromatic N) is 1. The molecule has 3 atom stereocenters. The number of hydrogen-bond donors (Lipinski definition) is 1. The molecule has 1 aliphatic rings. The van der Waals surface area contributed by atoms with E-state index < -0.39 is 5.54 Å². The van der Waals surface area contributed by atoms with Gasteiger partial charge in [-0.3, -0.25) is 10.1 Å². The second-order valence-corrected chi connectivity index (χ2v) is 6.14. The third-order valence-electron chi connectivity index (χ3n) is 4.49. The van der Waals surface area contributed by atoms with Crippen molar-refractivity contribution in [1.29, 1.82) is 0 Å². The average Bonchev–Trinajstić information content (AvgIpc) is 2.72. The minimum absolute atomic E-state index is 0.111. The fourth-order valence-corrected chi connectivity index (χ4v) is 3.02. The summed E-state index contributed by atoms with van der Waals surface area (Å²) in [5.41, 5.74) is 0.238. The molecule has 0 aliphatic carbocycles. The lowest BCUT2D eigenvalue weighted by molar-refractivity contribution is -0.135. The van der Waals surface area contributed by atoms with Gasteiger partial charge in [-0.25, -0.2) is 4.39 Å². The van der Waals surface area contributed by atoms with Crippen molar-refractivity contribution in [3.8, 4) is 0 Å². The van der Waals surface area contributed by atoms with Crippen LogP contribution in [0.25, 0.3) is 0 Å². The second kappa shape index (κ2) is 6.14. The monoisotopic (exact) mass is 292 g/mol. The normalized spacial score (nSPS) is 27.2. The summed E-state index contributed by atoms with van der Waals surface area (Å²) < 4.78 is 13.5. The molecule has 1 N–H and O–H groups in total. The Labute approximate surface area is 126 Å². The number of carbonyl (C=O) groups excluding carboxylic acids is 1. The number of nitrogens with one attached hydrogen (secondary N) is 1. The van der Waals surface area contributed by atoms with Crippen molar-refractivity contribution in [1.82, 2.24) is 10.2 Å². The van der Waals surface area contributed by atoms with Gasteiger partial charge < -0.3 is 4.90 Å². The molecule has 0 radical (unpaired) electrons. The Balaban J connectivity index is 2.39. The number of amides is 1. The average molecular weight is 292 g/mol. The van der Waals surface area contributed by atoms with Gasteiger partial charge in [-0.15, -0.1) is 0 Å². The quantitative estimate of drug-likeness (QED) is 0.899. The van der Waals surface area contributed by atoms with E-state index in [0.29, 0.717) is 6.42 Å². The summed E-state index contributed by atoms with van der Waals surface area (Å²) in [7, 11) is 0. The third kappa shape index (κ3) is 2.95. The van der Waals surface area contributed by atoms with E-state index in [1.54, 1.807) is 6.07 Å². The molecule has 1 aromatic rings. The summed E-state index contributed by atoms with van der Waals surface area (Å²) in [6, 6.07) is 6.65. The van der Waals surface area contributed by atoms with Crippen LogP contribution in [-0.4, -0.2) is 22.4 Å². The molecular weight excluding hydrogens is 267 g/mol. The predicted octanol–water partition coefficient (Wildman–Crippen LogP) is 3.61. The Hall–Kier alpha value is -1.42. The summed E-state index contributed by atoms with van der Waals surface area (Å²) >= 11 is 0. The topological polar surface area (TPSA) is 32.3 Å². The van der Waals surface area contributed by atoms with Crippen molar-refractivity contribution >= 4 is 5.91 Å². The number of hydrogen-bond acceptors (Lipinski definition) is 2. The lowest BCUT2D eigenvalue weighted by Gasteiger charge is -2.30. The molecule has 1 saturated heterocycles. The first-order valence-electron chi connectivity index (χ1n) is 7.79. The van der Waals surface area contributed by atoms with Gasteiger partial charge in [0.25, 0.3) is 0 Å². The van der Waals surface area contributed by atoms with E-state index in [0.717, 1.165) is 18.4 Å². The largest absolute Gasteiger partial charge is 0.319 e. The highest BCUT2D eigenvalue weighted by Crippen LogP contribution is 2.35. The van der Waals surface area contributed by atoms with Crippen molar-refractivity contribution in [2.24, 2.45) is 0 Å². The molecule has 0 aromatic heterocycles. The maximum absolute atomic E-state index is 13.5. The van der Waals surface area contributed by atoms with E-state index in [2.05, 4.69) is 19.2 Å². The smallest absolute Gasteiger partial charge is 0.244 e. The van der Waals surface area contributed by atoms with Gasteiger partial charge in [0.2, 0.25) is 5.91 Å². The molecule has 116 valence electrons. The molecule has 1 aromatic carbocycles. The van der Waals surface area contributed by atoms with Crippen LogP contribution in [0, 0.1) is 5.82 Å². The number of rotatable bonds is 5. The van der Waals surface area contributed by atoms with Crippen molar-refractivity contribution in [3.63, 3.8) is 0 Å². The molecule has 3 unspecified atom stereocenters. The minimum atomic E-state index is -0.570. The predicted molar refractivity (Wildman–Crippen MR) is 82.2 cm³/mol. The van der Waals surface area contributed by atoms with Crippen LogP contribution < -0.4 is 5.32 Å². The van der Waals surface area contributed by atoms with Crippen LogP contribution in [0.3, 0.4) is 0 Å². The summed E-state index contributed by atoms with van der Waals surface area (Å²) in [6.07, 6.45) is 2.43. The maximum atomic E-state index is 13.5. The fraction of sp³-hybridized carbons (Fsp3) is 0.588. The van der Waals surface area contributed by atoms with Gasteiger partial charge in [-0.1, -0.05) is 32.4 Å². The summed E-state index contributed by atoms with van der Waals surface area (Å²) in [5, 5.41) is 3.41. The molecule has 0 bridgehead atoms. The zero-order valence-electron chi connectivity index (χ0n) is 13.3. The Morgan fingerprint density at radius 2 is 2.14 bits per heavy atom. The standard InChI is InChI=1S/C17H25FN2O/c1-5-8-12(3)20-15(13-9-7-10-14(18)11-13)19-17(4,6-2)16(20)21/h7,9-12,15,19H,5-6,8H2,1-4H3. The first-order valence-corrected chi connectivity index (χ1v) is 7.79. The third-order valence-corrected chi connectivity index (χ3v) is 4.49. The second-order valence-electron chi connectivity index (χ2n) is 6.14. The molecule has 21 heavy (non-hydrogen) atoms. The van der Waals surface area contributed by atoms with Crippen molar-refractivity contribution in [2.45, 2.75) is 64.7 Å². The maximum Gasteiger partial charge on any atom is 0.244 e. The molecule has 1 fully saturated rings. The Kier molecular flexibility index (Phi) is 4.67. The van der Waals surface area contributed by atoms with Gasteiger partial charge in [0, 0.05) is 6.04 Å². The van der Waals surface area contributed by atoms with Crippen molar-refractivity contribution in [2.75, 3.05) is 0 Å². The van der Waals surface area contributed by atoms with Crippen LogP contribution in [0.5, 0.6) is 0 Å². The van der Waals surface area contributed by atoms with Crippen LogP contribution in [0.1, 0.15) is 58.7 Å². The highest BCUT2D eigenvalue weighted by Gasteiger charge is 2.48. The fourth-order valence-electron chi connectivity index (χ4n) is 3.02. The summed E-state index contributed by atoms with van der Waals surface area (Å²) in [5.74, 6) is -0.157. The van der Waals surface area contributed by atoms with Crippen LogP contribution in [0.4, 0.5) is 4.39 Å². The van der Waals surface area contributed by atoms with Crippen LogP contribution in [0.2, 0.25) is 0 Å². The Morgan fingerprint density at radius 3 is 2.71 bits per heavy atom. The lowest BCUT2D eigenvalue weighted by atomic mass is 9.99. The van der Waals surface area contributed by atoms with E-state index in [-0.39, 0.29) is 23.9 Å². The molecule has 3 nitrogen and oxygen atoms in total. The molecule has 0 saturated carbocycles. The van der Waals surface area contributed by atoms with Gasteiger partial charge in [0.15, 0.2) is 0 Å². The molecule has 4 heteroatoms. The van der Waals surface area contributed by atoms with Gasteiger partial charge in [-0.2, -0.15) is 0 Å². The van der Waals surface area contributed by atoms with E-state index in [1.807, 2.05) is 24.8 Å². The van der Waals surface area contributed by atoms with Crippen molar-refractivity contribution < 1.29 is 9.18 Å². The van der Waals surface area contributed by atoms with Crippen LogP contribution >= 0.6 is 0 Å². The summed E-state index contributed by atoms with van der Waals surface area (Å²) in [4.78, 5) is 14.7. The lowest BCUT2D eigenvalue weighted by Crippen LogP contribution is -2.44. The number of carbonyl (C=O) groups is 1. The molecule has 2 rings (SSSR count). The van der Waals surface area contributed by atoms with Crippen LogP contribution in [-0.2, 0) is 4.79 Å². The highest BCUT2D eigenvalue weighted by molar-refractivity contribution is 5.88. The Bertz CT molecular complexity index is 519. The van der Waals surface area contributed by atoms with Crippen molar-refractivity contribution in [3.05, 3.63) is 35.6 Å². The minimum Gasteiger partial charge on any atom is -0.319 e. The van der Waals surface area contributed by atoms with Gasteiger partial charge in [-0.05, 0) is 44.4 Å². The van der Waals surface area contributed by atoms with Crippen LogP contribution in [0.15, 0.2) is 24.3 Å². The van der Waals surface area contributed by atoms with Gasteiger partial charge >= 0.3 is 0 Å². The molecule has 1 heterocycles. The number of benzene rings is 1. The van der Waals surface area contributed by atoms with E-state index in [9.17, 15) is 9.18 Å². The van der Waals surface area contributed by atoms with E-state index in [4.69, 9.17) is 0 Å². The van der Waals surface area contributed by atoms with Gasteiger partial charge in [0.1, 0.15) is 12.0 Å². The first-order chi connectivity index (χ1) is 9.92. The molecule has 0 spiro atoms. The van der Waals surface area contributed by atoms with E-state index in [1.165, 1.54) is 12.1 Å². The van der Waals surface area contributed by atoms with E-state index >= 15 is 0 Å². The summed E-state index contributed by atoms with van der Waals surface area (Å²) in [6.45, 7) is 8.11. The Morgan fingerprint density at radius 1 is 1.43 bits per heavy atom. The SMILES string of the molecule is CCCC(C)N1C(=O)C(C)(CC)NC1c1cccc(F)c1. The zero-order valence-corrected chi connectivity index (χ0v) is 13.3. The molecular formula is C17H25FN2O. The highest BCUT2D eigenvalue weighted by atomic mass is 19.1. The number of halogens is 1. The molecule has 1 amide bonds. The first kappa shape index (κ1) is 16.0. The molecule has 1 aliphatic heterocycles. The zero-order chi connectivity index (χ0) is 15.6.